The number of aromatic nitrogens is 2. The number of fused-ring (bicyclic) bond motifs is 5. The molecule has 3 heteroatoms. The van der Waals surface area contributed by atoms with Crippen LogP contribution in [0.4, 0.5) is 5.69 Å². The fourth-order valence-corrected chi connectivity index (χ4v) is 5.86. The van der Waals surface area contributed by atoms with Crippen LogP contribution in [0.15, 0.2) is 79.0 Å². The van der Waals surface area contributed by atoms with E-state index in [1.165, 1.54) is 60.3 Å². The quantitative estimate of drug-likeness (QED) is 0.108. The molecule has 34 heavy (non-hydrogen) atoms. The van der Waals surface area contributed by atoms with Crippen LogP contribution in [0.2, 0.25) is 0 Å². The zero-order valence-corrected chi connectivity index (χ0v) is 19.3. The molecule has 0 fully saturated rings. The minimum atomic E-state index is 0.670. The lowest BCUT2D eigenvalue weighted by Gasteiger charge is -2.14. The van der Waals surface area contributed by atoms with Crippen LogP contribution in [0.25, 0.3) is 65.0 Å². The molecular weight excluding hydrogens is 414 g/mol. The molecule has 0 saturated carbocycles. The second kappa shape index (κ2) is 6.56. The van der Waals surface area contributed by atoms with Gasteiger partial charge in [-0.05, 0) is 65.8 Å². The number of hydrogen-bond acceptors (Lipinski definition) is 0. The van der Waals surface area contributed by atoms with E-state index in [0.29, 0.717) is 5.69 Å². The highest BCUT2D eigenvalue weighted by molar-refractivity contribution is 6.28. The molecule has 0 unspecified atom stereocenters. The average Bonchev–Trinajstić information content (AvgIpc) is 3.20. The highest BCUT2D eigenvalue weighted by Gasteiger charge is 2.26. The van der Waals surface area contributed by atoms with Crippen molar-refractivity contribution < 1.29 is 4.57 Å². The van der Waals surface area contributed by atoms with Crippen LogP contribution in [-0.2, 0) is 7.05 Å². The monoisotopic (exact) mass is 436 g/mol. The smallest absolute Gasteiger partial charge is 0.224 e. The van der Waals surface area contributed by atoms with E-state index in [-0.39, 0.29) is 0 Å². The lowest BCUT2D eigenvalue weighted by atomic mass is 9.94. The summed E-state index contributed by atoms with van der Waals surface area (Å²) in [7, 11) is 2.13. The van der Waals surface area contributed by atoms with Crippen molar-refractivity contribution in [3.8, 4) is 11.1 Å². The fourth-order valence-electron chi connectivity index (χ4n) is 5.86. The van der Waals surface area contributed by atoms with Gasteiger partial charge in [0.05, 0.1) is 33.9 Å². The number of hydrogen-bond donors (Lipinski definition) is 0. The molecule has 3 nitrogen and oxygen atoms in total. The van der Waals surface area contributed by atoms with Gasteiger partial charge in [0.1, 0.15) is 7.05 Å². The molecule has 3 aromatic heterocycles. The van der Waals surface area contributed by atoms with Gasteiger partial charge >= 0.3 is 0 Å². The standard InChI is InChI=1S/C31H22N3/c1-18-15-24-29-23(20-9-6-5-7-10-20)11-8-12-25(29)34-26-17-22(32-3)16-21-13-14-33(4)31(28(21)26)27(19(18)2)30(24)34/h5-17H,1-2,4H3/q+1. The Morgan fingerprint density at radius 2 is 1.65 bits per heavy atom. The highest BCUT2D eigenvalue weighted by atomic mass is 15.0. The summed E-state index contributed by atoms with van der Waals surface area (Å²) in [6.07, 6.45) is 2.12. The van der Waals surface area contributed by atoms with Crippen molar-refractivity contribution in [2.75, 3.05) is 0 Å². The summed E-state index contributed by atoms with van der Waals surface area (Å²) in [5, 5.41) is 6.15. The molecule has 0 spiro atoms. The Kier molecular flexibility index (Phi) is 3.68. The number of aryl methyl sites for hydroxylation is 3. The second-order valence-electron chi connectivity index (χ2n) is 9.31. The van der Waals surface area contributed by atoms with Crippen molar-refractivity contribution in [2.24, 2.45) is 7.05 Å². The Balaban J connectivity index is 1.89. The van der Waals surface area contributed by atoms with Crippen LogP contribution >= 0.6 is 0 Å². The van der Waals surface area contributed by atoms with Crippen LogP contribution in [0.1, 0.15) is 11.1 Å². The zero-order chi connectivity index (χ0) is 23.1. The zero-order valence-electron chi connectivity index (χ0n) is 19.3. The summed E-state index contributed by atoms with van der Waals surface area (Å²) >= 11 is 0. The maximum absolute atomic E-state index is 7.74. The molecule has 7 aromatic rings. The van der Waals surface area contributed by atoms with Crippen molar-refractivity contribution in [2.45, 2.75) is 13.8 Å². The largest absolute Gasteiger partial charge is 0.309 e. The molecule has 0 N–H and O–H groups in total. The van der Waals surface area contributed by atoms with Gasteiger partial charge in [-0.2, -0.15) is 0 Å². The minimum Gasteiger partial charge on any atom is -0.309 e. The Bertz CT molecular complexity index is 1990. The van der Waals surface area contributed by atoms with Gasteiger partial charge in [0.15, 0.2) is 11.9 Å². The van der Waals surface area contributed by atoms with Crippen LogP contribution in [0.3, 0.4) is 0 Å². The molecule has 3 heterocycles. The summed E-state index contributed by atoms with van der Waals surface area (Å²) in [5.41, 5.74) is 10.5. The van der Waals surface area contributed by atoms with Gasteiger partial charge in [-0.15, -0.1) is 0 Å². The summed E-state index contributed by atoms with van der Waals surface area (Å²) in [5.74, 6) is 0. The van der Waals surface area contributed by atoms with E-state index < -0.39 is 0 Å². The molecule has 0 aliphatic rings. The van der Waals surface area contributed by atoms with E-state index in [1.807, 2.05) is 6.07 Å². The molecule has 4 aromatic carbocycles. The van der Waals surface area contributed by atoms with E-state index in [4.69, 9.17) is 6.57 Å². The van der Waals surface area contributed by atoms with Gasteiger partial charge < -0.3 is 4.40 Å². The highest BCUT2D eigenvalue weighted by Crippen LogP contribution is 2.45. The van der Waals surface area contributed by atoms with E-state index in [2.05, 4.69) is 108 Å². The van der Waals surface area contributed by atoms with E-state index in [1.54, 1.807) is 0 Å². The van der Waals surface area contributed by atoms with E-state index in [0.717, 1.165) is 10.9 Å². The molecule has 160 valence electrons. The van der Waals surface area contributed by atoms with Gasteiger partial charge in [0, 0.05) is 16.8 Å². The minimum absolute atomic E-state index is 0.670. The topological polar surface area (TPSA) is 12.7 Å². The first-order chi connectivity index (χ1) is 16.6. The third-order valence-electron chi connectivity index (χ3n) is 7.49. The number of rotatable bonds is 1. The Hall–Kier alpha value is -4.42. The van der Waals surface area contributed by atoms with Crippen LogP contribution in [-0.4, -0.2) is 4.40 Å². The van der Waals surface area contributed by atoms with Crippen LogP contribution in [0.5, 0.6) is 0 Å². The predicted molar refractivity (Wildman–Crippen MR) is 141 cm³/mol. The molecule has 0 aliphatic carbocycles. The van der Waals surface area contributed by atoms with Gasteiger partial charge in [0.2, 0.25) is 5.52 Å². The van der Waals surface area contributed by atoms with Gasteiger partial charge in [0.25, 0.3) is 0 Å². The molecule has 0 atom stereocenters. The predicted octanol–water partition coefficient (Wildman–Crippen LogP) is 7.65. The van der Waals surface area contributed by atoms with Gasteiger partial charge in [-0.25, -0.2) is 9.41 Å². The third kappa shape index (κ3) is 2.27. The number of pyridine rings is 2. The molecule has 0 radical (unpaired) electrons. The molecule has 0 amide bonds. The molecule has 0 bridgehead atoms. The van der Waals surface area contributed by atoms with Crippen molar-refractivity contribution >= 4 is 54.7 Å². The SMILES string of the molecule is [C-]#[N+]c1cc2cc[n+](C)c3c4c(C)c(C)cc5c6c(-c7ccccc7)cccc6n(c(c1)c23)c54. The van der Waals surface area contributed by atoms with Crippen molar-refractivity contribution in [3.63, 3.8) is 0 Å². The average molecular weight is 437 g/mol. The number of benzene rings is 4. The molecule has 0 aliphatic heterocycles. The van der Waals surface area contributed by atoms with Gasteiger partial charge in [-0.1, -0.05) is 42.5 Å². The lowest BCUT2D eigenvalue weighted by Crippen LogP contribution is -2.29. The molecule has 0 saturated heterocycles. The Morgan fingerprint density at radius 3 is 2.44 bits per heavy atom. The summed E-state index contributed by atoms with van der Waals surface area (Å²) in [6, 6.07) is 25.8. The van der Waals surface area contributed by atoms with Crippen molar-refractivity contribution in [3.05, 3.63) is 102 Å². The molecular formula is C31H22N3+. The van der Waals surface area contributed by atoms with Crippen LogP contribution < -0.4 is 4.57 Å². The van der Waals surface area contributed by atoms with Crippen LogP contribution in [0, 0.1) is 20.4 Å². The summed E-state index contributed by atoms with van der Waals surface area (Å²) in [6.45, 7) is 12.2. The summed E-state index contributed by atoms with van der Waals surface area (Å²) < 4.78 is 4.65. The normalized spacial score (nSPS) is 11.9. The van der Waals surface area contributed by atoms with E-state index in [9.17, 15) is 0 Å². The first-order valence-electron chi connectivity index (χ1n) is 11.6. The fraction of sp³-hybridized carbons (Fsp3) is 0.0968. The first kappa shape index (κ1) is 19.1. The summed E-state index contributed by atoms with van der Waals surface area (Å²) in [4.78, 5) is 3.82. The maximum atomic E-state index is 7.74. The Morgan fingerprint density at radius 1 is 0.824 bits per heavy atom. The second-order valence-corrected chi connectivity index (χ2v) is 9.31. The van der Waals surface area contributed by atoms with Crippen molar-refractivity contribution in [1.29, 1.82) is 0 Å². The first-order valence-corrected chi connectivity index (χ1v) is 11.6. The number of nitrogens with zero attached hydrogens (tertiary/aromatic N) is 3. The van der Waals surface area contributed by atoms with E-state index >= 15 is 0 Å². The van der Waals surface area contributed by atoms with Crippen molar-refractivity contribution in [1.82, 2.24) is 4.40 Å². The Labute approximate surface area is 197 Å². The van der Waals surface area contributed by atoms with Gasteiger partial charge in [-0.3, -0.25) is 0 Å². The maximum Gasteiger partial charge on any atom is 0.224 e. The third-order valence-corrected chi connectivity index (χ3v) is 7.49. The molecule has 7 rings (SSSR count). The lowest BCUT2D eigenvalue weighted by molar-refractivity contribution is -0.643.